The van der Waals surface area contributed by atoms with Gasteiger partial charge in [0.25, 0.3) is 0 Å². The molecule has 3 rings (SSSR count). The standard InChI is InChI=1S/C21H29N5O/c1-7-16-18(14-8-9-17(12(2)3)24-20(14)22-5)25-21-19(23-16)15(10-26(21)6)13(4)11-27/h8-10,12-13,27H,7,11H2,1-6H3,(H,22,24)/t13-/m1/s1. The molecule has 0 radical (unpaired) electrons. The number of nitrogens with one attached hydrogen (secondary N) is 1. The van der Waals surface area contributed by atoms with Crippen molar-refractivity contribution >= 4 is 17.0 Å². The van der Waals surface area contributed by atoms with Crippen LogP contribution in [0.5, 0.6) is 0 Å². The highest BCUT2D eigenvalue weighted by Crippen LogP contribution is 2.32. The highest BCUT2D eigenvalue weighted by atomic mass is 16.3. The Labute approximate surface area is 160 Å². The number of anilines is 1. The summed E-state index contributed by atoms with van der Waals surface area (Å²) in [4.78, 5) is 14.7. The van der Waals surface area contributed by atoms with Gasteiger partial charge in [-0.15, -0.1) is 0 Å². The van der Waals surface area contributed by atoms with Crippen molar-refractivity contribution in [3.63, 3.8) is 0 Å². The molecule has 144 valence electrons. The van der Waals surface area contributed by atoms with E-state index in [1.807, 2.05) is 31.8 Å². The fourth-order valence-corrected chi connectivity index (χ4v) is 3.33. The number of nitrogens with zero attached hydrogens (tertiary/aromatic N) is 4. The van der Waals surface area contributed by atoms with Crippen molar-refractivity contribution in [2.24, 2.45) is 7.05 Å². The van der Waals surface area contributed by atoms with Gasteiger partial charge in [0.05, 0.1) is 11.4 Å². The summed E-state index contributed by atoms with van der Waals surface area (Å²) in [6, 6.07) is 4.15. The van der Waals surface area contributed by atoms with Gasteiger partial charge in [-0.05, 0) is 24.5 Å². The van der Waals surface area contributed by atoms with Crippen molar-refractivity contribution in [1.29, 1.82) is 0 Å². The van der Waals surface area contributed by atoms with Crippen LogP contribution in [-0.2, 0) is 13.5 Å². The van der Waals surface area contributed by atoms with E-state index in [9.17, 15) is 5.11 Å². The van der Waals surface area contributed by atoms with Gasteiger partial charge in [0, 0.05) is 49.6 Å². The van der Waals surface area contributed by atoms with Gasteiger partial charge in [-0.3, -0.25) is 0 Å². The maximum Gasteiger partial charge on any atom is 0.159 e. The fourth-order valence-electron chi connectivity index (χ4n) is 3.33. The maximum absolute atomic E-state index is 9.58. The lowest BCUT2D eigenvalue weighted by Gasteiger charge is -2.14. The predicted molar refractivity (Wildman–Crippen MR) is 110 cm³/mol. The van der Waals surface area contributed by atoms with Gasteiger partial charge in [-0.1, -0.05) is 27.7 Å². The third-order valence-corrected chi connectivity index (χ3v) is 5.03. The summed E-state index contributed by atoms with van der Waals surface area (Å²) < 4.78 is 1.99. The van der Waals surface area contributed by atoms with Crippen molar-refractivity contribution in [1.82, 2.24) is 19.5 Å². The van der Waals surface area contributed by atoms with Crippen LogP contribution in [0.3, 0.4) is 0 Å². The number of pyridine rings is 1. The molecular weight excluding hydrogens is 338 g/mol. The van der Waals surface area contributed by atoms with E-state index in [-0.39, 0.29) is 12.5 Å². The highest BCUT2D eigenvalue weighted by molar-refractivity contribution is 5.83. The molecular formula is C21H29N5O. The molecule has 0 aromatic carbocycles. The smallest absolute Gasteiger partial charge is 0.159 e. The second-order valence-corrected chi connectivity index (χ2v) is 7.36. The molecule has 3 heterocycles. The SMILES string of the molecule is CCc1nc2c([C@H](C)CO)cn(C)c2nc1-c1ccc(C(C)C)nc1NC. The molecule has 0 saturated heterocycles. The van der Waals surface area contributed by atoms with E-state index >= 15 is 0 Å². The van der Waals surface area contributed by atoms with Crippen LogP contribution in [0.1, 0.15) is 56.5 Å². The molecule has 0 bridgehead atoms. The molecule has 0 aliphatic carbocycles. The second kappa shape index (κ2) is 7.64. The first kappa shape index (κ1) is 19.3. The summed E-state index contributed by atoms with van der Waals surface area (Å²) in [5.41, 5.74) is 6.55. The van der Waals surface area contributed by atoms with Gasteiger partial charge < -0.3 is 15.0 Å². The lowest BCUT2D eigenvalue weighted by molar-refractivity contribution is 0.273. The molecule has 2 N–H and O–H groups in total. The largest absolute Gasteiger partial charge is 0.396 e. The lowest BCUT2D eigenvalue weighted by Crippen LogP contribution is -2.05. The summed E-state index contributed by atoms with van der Waals surface area (Å²) in [5.74, 6) is 1.21. The monoisotopic (exact) mass is 367 g/mol. The van der Waals surface area contributed by atoms with E-state index in [4.69, 9.17) is 15.0 Å². The number of hydrogen-bond acceptors (Lipinski definition) is 5. The maximum atomic E-state index is 9.58. The Balaban J connectivity index is 2.25. The summed E-state index contributed by atoms with van der Waals surface area (Å²) in [5, 5.41) is 12.8. The highest BCUT2D eigenvalue weighted by Gasteiger charge is 2.20. The van der Waals surface area contributed by atoms with Gasteiger partial charge >= 0.3 is 0 Å². The molecule has 0 aliphatic rings. The molecule has 3 aromatic rings. The molecule has 3 aromatic heterocycles. The van der Waals surface area contributed by atoms with Crippen molar-refractivity contribution < 1.29 is 5.11 Å². The Hall–Kier alpha value is -2.47. The van der Waals surface area contributed by atoms with Crippen molar-refractivity contribution in [3.8, 4) is 11.3 Å². The first-order chi connectivity index (χ1) is 12.9. The van der Waals surface area contributed by atoms with Crippen LogP contribution in [-0.4, -0.2) is 38.3 Å². The number of aliphatic hydroxyl groups excluding tert-OH is 1. The van der Waals surface area contributed by atoms with Gasteiger partial charge in [0.2, 0.25) is 0 Å². The first-order valence-electron chi connectivity index (χ1n) is 9.56. The first-order valence-corrected chi connectivity index (χ1v) is 9.56. The van der Waals surface area contributed by atoms with E-state index < -0.39 is 0 Å². The summed E-state index contributed by atoms with van der Waals surface area (Å²) in [6.07, 6.45) is 2.79. The number of hydrogen-bond donors (Lipinski definition) is 2. The summed E-state index contributed by atoms with van der Waals surface area (Å²) in [6.45, 7) is 8.46. The molecule has 6 heteroatoms. The quantitative estimate of drug-likeness (QED) is 0.692. The van der Waals surface area contributed by atoms with Crippen LogP contribution >= 0.6 is 0 Å². The van der Waals surface area contributed by atoms with Crippen molar-refractivity contribution in [2.75, 3.05) is 19.0 Å². The molecule has 1 atom stereocenters. The number of fused-ring (bicyclic) bond motifs is 1. The Morgan fingerprint density at radius 3 is 2.48 bits per heavy atom. The topological polar surface area (TPSA) is 75.9 Å². The molecule has 0 unspecified atom stereocenters. The number of rotatable bonds is 6. The van der Waals surface area contributed by atoms with Crippen LogP contribution in [0, 0.1) is 0 Å². The number of aryl methyl sites for hydroxylation is 2. The van der Waals surface area contributed by atoms with Crippen LogP contribution < -0.4 is 5.32 Å². The van der Waals surface area contributed by atoms with Crippen molar-refractivity contribution in [3.05, 3.63) is 35.3 Å². The second-order valence-electron chi connectivity index (χ2n) is 7.36. The number of aromatic nitrogens is 4. The zero-order chi connectivity index (χ0) is 19.7. The van der Waals surface area contributed by atoms with Crippen LogP contribution in [0.15, 0.2) is 18.3 Å². The normalized spacial score (nSPS) is 12.7. The van der Waals surface area contributed by atoms with Gasteiger partial charge in [0.1, 0.15) is 11.3 Å². The zero-order valence-corrected chi connectivity index (χ0v) is 17.0. The minimum absolute atomic E-state index is 0.0263. The van der Waals surface area contributed by atoms with Gasteiger partial charge in [-0.2, -0.15) is 0 Å². The van der Waals surface area contributed by atoms with E-state index in [1.54, 1.807) is 0 Å². The molecule has 0 saturated carbocycles. The minimum atomic E-state index is 0.0263. The van der Waals surface area contributed by atoms with E-state index in [0.717, 1.165) is 51.6 Å². The van der Waals surface area contributed by atoms with Gasteiger partial charge in [-0.25, -0.2) is 15.0 Å². The Kier molecular flexibility index (Phi) is 5.46. The van der Waals surface area contributed by atoms with Crippen LogP contribution in [0.4, 0.5) is 5.82 Å². The third-order valence-electron chi connectivity index (χ3n) is 5.03. The molecule has 0 spiro atoms. The average Bonchev–Trinajstić information content (AvgIpc) is 3.01. The fraction of sp³-hybridized carbons (Fsp3) is 0.476. The number of aliphatic hydroxyl groups is 1. The summed E-state index contributed by atoms with van der Waals surface area (Å²) in [7, 11) is 3.86. The predicted octanol–water partition coefficient (Wildman–Crippen LogP) is 3.85. The summed E-state index contributed by atoms with van der Waals surface area (Å²) >= 11 is 0. The Morgan fingerprint density at radius 2 is 1.89 bits per heavy atom. The van der Waals surface area contributed by atoms with Crippen LogP contribution in [0.25, 0.3) is 22.4 Å². The molecule has 0 aliphatic heterocycles. The van der Waals surface area contributed by atoms with E-state index in [0.29, 0.717) is 5.92 Å². The van der Waals surface area contributed by atoms with Crippen LogP contribution in [0.2, 0.25) is 0 Å². The van der Waals surface area contributed by atoms with E-state index in [1.165, 1.54) is 0 Å². The average molecular weight is 367 g/mol. The lowest BCUT2D eigenvalue weighted by atomic mass is 10.0. The zero-order valence-electron chi connectivity index (χ0n) is 17.0. The molecule has 0 amide bonds. The van der Waals surface area contributed by atoms with Gasteiger partial charge in [0.15, 0.2) is 5.65 Å². The minimum Gasteiger partial charge on any atom is -0.396 e. The molecule has 27 heavy (non-hydrogen) atoms. The Bertz CT molecular complexity index is 961. The molecule has 6 nitrogen and oxygen atoms in total. The molecule has 0 fully saturated rings. The van der Waals surface area contributed by atoms with E-state index in [2.05, 4.69) is 38.2 Å². The van der Waals surface area contributed by atoms with Crippen molar-refractivity contribution in [2.45, 2.75) is 46.0 Å². The third kappa shape index (κ3) is 3.41. The Morgan fingerprint density at radius 1 is 1.15 bits per heavy atom.